The smallest absolute Gasteiger partial charge is 0.260 e. The molecular formula is C16H17FN2O2. The number of aromatic nitrogens is 1. The van der Waals surface area contributed by atoms with E-state index in [9.17, 15) is 14.3 Å². The molecular weight excluding hydrogens is 271 g/mol. The quantitative estimate of drug-likeness (QED) is 0.941. The van der Waals surface area contributed by atoms with Crippen LogP contribution in [0.4, 0.5) is 4.39 Å². The number of nitrogens with zero attached hydrogens (tertiary/aromatic N) is 2. The lowest BCUT2D eigenvalue weighted by Gasteiger charge is -2.21. The number of rotatable bonds is 4. The number of pyridine rings is 1. The van der Waals surface area contributed by atoms with E-state index < -0.39 is 11.7 Å². The zero-order valence-corrected chi connectivity index (χ0v) is 12.0. The maximum absolute atomic E-state index is 13.8. The number of hydrogen-bond donors (Lipinski definition) is 1. The second-order valence-electron chi connectivity index (χ2n) is 4.72. The highest BCUT2D eigenvalue weighted by Crippen LogP contribution is 2.22. The molecule has 0 aliphatic heterocycles. The normalized spacial score (nSPS) is 10.4. The molecule has 0 unspecified atom stereocenters. The molecule has 1 aromatic heterocycles. The van der Waals surface area contributed by atoms with Gasteiger partial charge in [0.2, 0.25) is 0 Å². The number of amides is 1. The fraction of sp³-hybridized carbons (Fsp3) is 0.250. The predicted molar refractivity (Wildman–Crippen MR) is 77.5 cm³/mol. The number of hydrogen-bond acceptors (Lipinski definition) is 3. The Hall–Kier alpha value is -2.43. The molecule has 1 amide bonds. The minimum atomic E-state index is -0.726. The molecule has 0 saturated heterocycles. The fourth-order valence-electron chi connectivity index (χ4n) is 2.09. The van der Waals surface area contributed by atoms with Crippen LogP contribution in [0.25, 0.3) is 0 Å². The largest absolute Gasteiger partial charge is 0.507 e. The summed E-state index contributed by atoms with van der Waals surface area (Å²) in [6.07, 6.45) is 0. The van der Waals surface area contributed by atoms with Crippen molar-refractivity contribution < 1.29 is 14.3 Å². The van der Waals surface area contributed by atoms with Crippen molar-refractivity contribution >= 4 is 5.91 Å². The van der Waals surface area contributed by atoms with Crippen molar-refractivity contribution in [1.29, 1.82) is 0 Å². The maximum Gasteiger partial charge on any atom is 0.260 e. The van der Waals surface area contributed by atoms with Gasteiger partial charge in [-0.1, -0.05) is 12.1 Å². The molecule has 0 saturated carbocycles. The molecule has 110 valence electrons. The average Bonchev–Trinajstić information content (AvgIpc) is 2.44. The van der Waals surface area contributed by atoms with Crippen LogP contribution in [0, 0.1) is 12.7 Å². The zero-order chi connectivity index (χ0) is 15.4. The van der Waals surface area contributed by atoms with E-state index in [2.05, 4.69) is 4.98 Å². The van der Waals surface area contributed by atoms with Crippen molar-refractivity contribution in [3.05, 3.63) is 59.2 Å². The second kappa shape index (κ2) is 6.35. The molecule has 0 bridgehead atoms. The first-order valence-corrected chi connectivity index (χ1v) is 6.72. The van der Waals surface area contributed by atoms with Crippen molar-refractivity contribution in [1.82, 2.24) is 9.88 Å². The van der Waals surface area contributed by atoms with Gasteiger partial charge in [0.15, 0.2) is 0 Å². The van der Waals surface area contributed by atoms with Crippen LogP contribution in [0.15, 0.2) is 36.4 Å². The molecule has 0 aliphatic carbocycles. The van der Waals surface area contributed by atoms with Gasteiger partial charge in [-0.25, -0.2) is 4.39 Å². The van der Waals surface area contributed by atoms with Crippen LogP contribution in [0.3, 0.4) is 0 Å². The average molecular weight is 288 g/mol. The van der Waals surface area contributed by atoms with Crippen LogP contribution in [0.5, 0.6) is 5.75 Å². The van der Waals surface area contributed by atoms with Gasteiger partial charge in [0.1, 0.15) is 17.1 Å². The standard InChI is InChI=1S/C16H17FN2O2/c1-3-19(10-12-7-4-6-11(2)18-12)16(21)15-13(17)8-5-9-14(15)20/h4-9,20H,3,10H2,1-2H3. The Bertz CT molecular complexity index is 638. The summed E-state index contributed by atoms with van der Waals surface area (Å²) in [5.41, 5.74) is 1.28. The third-order valence-electron chi connectivity index (χ3n) is 3.17. The summed E-state index contributed by atoms with van der Waals surface area (Å²) in [6, 6.07) is 9.35. The van der Waals surface area contributed by atoms with E-state index in [1.54, 1.807) is 6.92 Å². The number of aromatic hydroxyl groups is 1. The number of benzene rings is 1. The Morgan fingerprint density at radius 1 is 1.29 bits per heavy atom. The molecule has 2 rings (SSSR count). The molecule has 1 aromatic carbocycles. The second-order valence-corrected chi connectivity index (χ2v) is 4.72. The highest BCUT2D eigenvalue weighted by molar-refractivity contribution is 5.97. The van der Waals surface area contributed by atoms with Gasteiger partial charge < -0.3 is 10.0 Å². The Labute approximate surface area is 122 Å². The maximum atomic E-state index is 13.8. The van der Waals surface area contributed by atoms with Crippen LogP contribution in [0.2, 0.25) is 0 Å². The number of carbonyl (C=O) groups excluding carboxylic acids is 1. The highest BCUT2D eigenvalue weighted by atomic mass is 19.1. The van der Waals surface area contributed by atoms with Gasteiger partial charge in [-0.2, -0.15) is 0 Å². The van der Waals surface area contributed by atoms with Gasteiger partial charge in [0.25, 0.3) is 5.91 Å². The van der Waals surface area contributed by atoms with Crippen molar-refractivity contribution in [2.45, 2.75) is 20.4 Å². The van der Waals surface area contributed by atoms with E-state index in [1.165, 1.54) is 17.0 Å². The number of phenols is 1. The summed E-state index contributed by atoms with van der Waals surface area (Å²) < 4.78 is 13.8. The molecule has 1 heterocycles. The summed E-state index contributed by atoms with van der Waals surface area (Å²) in [5, 5.41) is 9.71. The first kappa shape index (κ1) is 15.0. The highest BCUT2D eigenvalue weighted by Gasteiger charge is 2.22. The lowest BCUT2D eigenvalue weighted by Crippen LogP contribution is -2.31. The SMILES string of the molecule is CCN(Cc1cccc(C)n1)C(=O)c1c(O)cccc1F. The first-order valence-electron chi connectivity index (χ1n) is 6.72. The van der Waals surface area contributed by atoms with Crippen molar-refractivity contribution in [3.8, 4) is 5.75 Å². The Morgan fingerprint density at radius 2 is 2.00 bits per heavy atom. The van der Waals surface area contributed by atoms with E-state index in [0.29, 0.717) is 6.54 Å². The van der Waals surface area contributed by atoms with E-state index >= 15 is 0 Å². The number of halogens is 1. The summed E-state index contributed by atoms with van der Waals surface area (Å²) in [6.45, 7) is 4.32. The van der Waals surface area contributed by atoms with E-state index in [1.807, 2.05) is 25.1 Å². The van der Waals surface area contributed by atoms with Gasteiger partial charge >= 0.3 is 0 Å². The first-order chi connectivity index (χ1) is 10.0. The van der Waals surface area contributed by atoms with Crippen LogP contribution in [-0.4, -0.2) is 27.4 Å². The summed E-state index contributed by atoms with van der Waals surface area (Å²) in [5.74, 6) is -1.62. The third kappa shape index (κ3) is 3.37. The molecule has 0 radical (unpaired) electrons. The molecule has 0 atom stereocenters. The lowest BCUT2D eigenvalue weighted by atomic mass is 10.1. The number of aryl methyl sites for hydroxylation is 1. The zero-order valence-electron chi connectivity index (χ0n) is 12.0. The minimum Gasteiger partial charge on any atom is -0.507 e. The Morgan fingerprint density at radius 3 is 2.62 bits per heavy atom. The molecule has 2 aromatic rings. The topological polar surface area (TPSA) is 53.4 Å². The monoisotopic (exact) mass is 288 g/mol. The molecule has 0 fully saturated rings. The number of phenolic OH excluding ortho intramolecular Hbond substituents is 1. The van der Waals surface area contributed by atoms with Gasteiger partial charge in [-0.15, -0.1) is 0 Å². The molecule has 21 heavy (non-hydrogen) atoms. The third-order valence-corrected chi connectivity index (χ3v) is 3.17. The van der Waals surface area contributed by atoms with Crippen LogP contribution >= 0.6 is 0 Å². The Kier molecular flexibility index (Phi) is 4.52. The van der Waals surface area contributed by atoms with Gasteiger partial charge in [-0.05, 0) is 38.1 Å². The van der Waals surface area contributed by atoms with Crippen LogP contribution in [0.1, 0.15) is 28.7 Å². The molecule has 4 nitrogen and oxygen atoms in total. The van der Waals surface area contributed by atoms with Gasteiger partial charge in [-0.3, -0.25) is 9.78 Å². The molecule has 0 spiro atoms. The van der Waals surface area contributed by atoms with Crippen molar-refractivity contribution in [3.63, 3.8) is 0 Å². The van der Waals surface area contributed by atoms with Gasteiger partial charge in [0.05, 0.1) is 12.2 Å². The Balaban J connectivity index is 2.27. The molecule has 1 N–H and O–H groups in total. The summed E-state index contributed by atoms with van der Waals surface area (Å²) >= 11 is 0. The van der Waals surface area contributed by atoms with E-state index in [4.69, 9.17) is 0 Å². The fourth-order valence-corrected chi connectivity index (χ4v) is 2.09. The van der Waals surface area contributed by atoms with E-state index in [0.717, 1.165) is 17.5 Å². The molecule has 5 heteroatoms. The van der Waals surface area contributed by atoms with Crippen LogP contribution in [-0.2, 0) is 6.54 Å². The summed E-state index contributed by atoms with van der Waals surface area (Å²) in [4.78, 5) is 18.2. The van der Waals surface area contributed by atoms with Crippen LogP contribution < -0.4 is 0 Å². The van der Waals surface area contributed by atoms with Crippen molar-refractivity contribution in [2.75, 3.05) is 6.54 Å². The van der Waals surface area contributed by atoms with E-state index in [-0.39, 0.29) is 17.9 Å². The minimum absolute atomic E-state index is 0.269. The number of carbonyl (C=O) groups is 1. The van der Waals surface area contributed by atoms with Gasteiger partial charge in [0, 0.05) is 12.2 Å². The lowest BCUT2D eigenvalue weighted by molar-refractivity contribution is 0.0742. The summed E-state index contributed by atoms with van der Waals surface area (Å²) in [7, 11) is 0. The predicted octanol–water partition coefficient (Wildman–Crippen LogP) is 2.90. The molecule has 0 aliphatic rings. The van der Waals surface area contributed by atoms with Crippen molar-refractivity contribution in [2.24, 2.45) is 0 Å².